The van der Waals surface area contributed by atoms with Crippen LogP contribution in [-0.2, 0) is 0 Å². The normalized spacial score (nSPS) is 10.8. The van der Waals surface area contributed by atoms with Crippen LogP contribution in [0.4, 0.5) is 0 Å². The summed E-state index contributed by atoms with van der Waals surface area (Å²) in [4.78, 5) is 12.7. The second kappa shape index (κ2) is 17.4. The average Bonchev–Trinajstić information content (AvgIpc) is 3.15. The molecule has 0 N–H and O–H groups in total. The zero-order chi connectivity index (χ0) is 32.7. The molecule has 3 heteroatoms. The SMILES string of the molecule is C/C=C\C.CC.CC/C=C\CC.c1cncc(-c2ccc(-c3ccc4ccc5ccc(-c6cncnc6)c6ccc3c4c56)cc2)c1. The summed E-state index contributed by atoms with van der Waals surface area (Å²) in [5.74, 6) is 0. The van der Waals surface area contributed by atoms with E-state index >= 15 is 0 Å². The predicted octanol–water partition coefficient (Wildman–Crippen LogP) is 12.7. The molecule has 0 radical (unpaired) electrons. The van der Waals surface area contributed by atoms with Gasteiger partial charge in [0, 0.05) is 30.4 Å². The quantitative estimate of drug-likeness (QED) is 0.145. The minimum Gasteiger partial charge on any atom is -0.264 e. The van der Waals surface area contributed by atoms with Gasteiger partial charge in [0.2, 0.25) is 0 Å². The van der Waals surface area contributed by atoms with E-state index in [1.807, 2.05) is 64.5 Å². The topological polar surface area (TPSA) is 38.7 Å². The summed E-state index contributed by atoms with van der Waals surface area (Å²) in [6, 6.07) is 30.7. The standard InChI is InChI=1S/C31H19N3.C6H12.C4H8.C2H6/c1-2-24(16-32-15-1)20-3-5-21(6-4-20)26-11-9-22-7-8-23-10-12-27(25-17-33-19-34-18-25)29-14-13-28(26)30(22)31(23)29;1-3-5-6-4-2;1-3-4-2;1-2/h1-19H;5-6H,3-4H2,1-2H3;3-4H,1-2H3;1-2H3/b;6-5-;4-3-;. The first-order valence-electron chi connectivity index (χ1n) is 16.4. The first-order valence-corrected chi connectivity index (χ1v) is 16.4. The monoisotopic (exact) mass is 603 g/mol. The van der Waals surface area contributed by atoms with Crippen LogP contribution >= 0.6 is 0 Å². The van der Waals surface area contributed by atoms with Gasteiger partial charge in [0.25, 0.3) is 0 Å². The highest BCUT2D eigenvalue weighted by Crippen LogP contribution is 2.42. The van der Waals surface area contributed by atoms with Crippen LogP contribution in [0.15, 0.2) is 140 Å². The first-order chi connectivity index (χ1) is 22.7. The molecule has 3 nitrogen and oxygen atoms in total. The van der Waals surface area contributed by atoms with Gasteiger partial charge in [-0.15, -0.1) is 0 Å². The van der Waals surface area contributed by atoms with E-state index in [0.717, 1.165) is 16.7 Å². The number of hydrogen-bond donors (Lipinski definition) is 0. The Morgan fingerprint density at radius 1 is 0.500 bits per heavy atom. The minimum atomic E-state index is 1.03. The van der Waals surface area contributed by atoms with Crippen molar-refractivity contribution in [2.24, 2.45) is 0 Å². The number of hydrogen-bond acceptors (Lipinski definition) is 3. The molecule has 7 aromatic rings. The third kappa shape index (κ3) is 7.73. The van der Waals surface area contributed by atoms with E-state index in [9.17, 15) is 0 Å². The molecule has 2 aromatic heterocycles. The maximum atomic E-state index is 4.25. The van der Waals surface area contributed by atoms with Gasteiger partial charge in [-0.05, 0) is 92.9 Å². The summed E-state index contributed by atoms with van der Waals surface area (Å²) >= 11 is 0. The third-order valence-electron chi connectivity index (χ3n) is 7.70. The summed E-state index contributed by atoms with van der Waals surface area (Å²) in [6.07, 6.45) is 19.8. The van der Waals surface area contributed by atoms with E-state index in [4.69, 9.17) is 0 Å². The molecule has 46 heavy (non-hydrogen) atoms. The van der Waals surface area contributed by atoms with E-state index < -0.39 is 0 Å². The van der Waals surface area contributed by atoms with Crippen molar-refractivity contribution in [3.8, 4) is 33.4 Å². The van der Waals surface area contributed by atoms with Gasteiger partial charge in [-0.2, -0.15) is 0 Å². The second-order valence-electron chi connectivity index (χ2n) is 10.5. The summed E-state index contributed by atoms with van der Waals surface area (Å²) < 4.78 is 0. The van der Waals surface area contributed by atoms with Crippen molar-refractivity contribution < 1.29 is 0 Å². The molecule has 232 valence electrons. The smallest absolute Gasteiger partial charge is 0.115 e. The fourth-order valence-electron chi connectivity index (χ4n) is 5.45. The van der Waals surface area contributed by atoms with Crippen molar-refractivity contribution in [3.63, 3.8) is 0 Å². The maximum absolute atomic E-state index is 4.25. The Kier molecular flexibility index (Phi) is 12.7. The minimum absolute atomic E-state index is 1.03. The molecule has 0 amide bonds. The van der Waals surface area contributed by atoms with Gasteiger partial charge in [0.05, 0.1) is 0 Å². The molecule has 0 aliphatic carbocycles. The molecule has 0 unspecified atom stereocenters. The number of pyridine rings is 1. The van der Waals surface area contributed by atoms with Crippen molar-refractivity contribution in [2.75, 3.05) is 0 Å². The molecular formula is C43H45N3. The molecule has 0 saturated carbocycles. The van der Waals surface area contributed by atoms with Crippen LogP contribution in [0.2, 0.25) is 0 Å². The molecule has 0 aliphatic rings. The van der Waals surface area contributed by atoms with Crippen LogP contribution in [0.1, 0.15) is 54.4 Å². The molecule has 2 heterocycles. The van der Waals surface area contributed by atoms with Crippen LogP contribution < -0.4 is 0 Å². The Morgan fingerprint density at radius 2 is 0.978 bits per heavy atom. The number of rotatable bonds is 5. The second-order valence-corrected chi connectivity index (χ2v) is 10.5. The van der Waals surface area contributed by atoms with E-state index in [1.54, 1.807) is 12.5 Å². The first kappa shape index (κ1) is 33.7. The molecule has 0 aliphatic heterocycles. The van der Waals surface area contributed by atoms with Gasteiger partial charge in [-0.25, -0.2) is 9.97 Å². The Bertz CT molecular complexity index is 1960. The van der Waals surface area contributed by atoms with Crippen LogP contribution in [0.3, 0.4) is 0 Å². The van der Waals surface area contributed by atoms with E-state index in [0.29, 0.717) is 0 Å². The lowest BCUT2D eigenvalue weighted by Gasteiger charge is -2.16. The van der Waals surface area contributed by atoms with Crippen molar-refractivity contribution in [2.45, 2.75) is 54.4 Å². The van der Waals surface area contributed by atoms with Gasteiger partial charge in [-0.3, -0.25) is 4.98 Å². The van der Waals surface area contributed by atoms with Gasteiger partial charge in [0.15, 0.2) is 0 Å². The maximum Gasteiger partial charge on any atom is 0.115 e. The molecule has 0 spiro atoms. The van der Waals surface area contributed by atoms with E-state index in [-0.39, 0.29) is 0 Å². The summed E-state index contributed by atoms with van der Waals surface area (Å²) in [6.45, 7) is 12.3. The zero-order valence-corrected chi connectivity index (χ0v) is 28.0. The van der Waals surface area contributed by atoms with Crippen LogP contribution in [0, 0.1) is 0 Å². The van der Waals surface area contributed by atoms with E-state index in [1.165, 1.54) is 61.8 Å². The third-order valence-corrected chi connectivity index (χ3v) is 7.70. The molecule has 0 saturated heterocycles. The van der Waals surface area contributed by atoms with Gasteiger partial charge >= 0.3 is 0 Å². The summed E-state index contributed by atoms with van der Waals surface area (Å²) in [7, 11) is 0. The highest BCUT2D eigenvalue weighted by atomic mass is 14.8. The summed E-state index contributed by atoms with van der Waals surface area (Å²) in [5.41, 5.74) is 6.95. The van der Waals surface area contributed by atoms with Crippen molar-refractivity contribution >= 4 is 32.3 Å². The van der Waals surface area contributed by atoms with Crippen LogP contribution in [0.5, 0.6) is 0 Å². The molecule has 7 rings (SSSR count). The van der Waals surface area contributed by atoms with Gasteiger partial charge < -0.3 is 0 Å². The fraction of sp³-hybridized carbons (Fsp3) is 0.186. The van der Waals surface area contributed by atoms with Crippen LogP contribution in [0.25, 0.3) is 65.7 Å². The van der Waals surface area contributed by atoms with Crippen LogP contribution in [-0.4, -0.2) is 15.0 Å². The molecule has 0 fully saturated rings. The Labute approximate surface area is 274 Å². The Morgan fingerprint density at radius 3 is 1.46 bits per heavy atom. The number of aromatic nitrogens is 3. The molecule has 5 aromatic carbocycles. The lowest BCUT2D eigenvalue weighted by atomic mass is 9.87. The van der Waals surface area contributed by atoms with Gasteiger partial charge in [0.1, 0.15) is 6.33 Å². The number of allylic oxidation sites excluding steroid dienone is 4. The largest absolute Gasteiger partial charge is 0.264 e. The number of benzene rings is 5. The fourth-order valence-corrected chi connectivity index (χ4v) is 5.45. The number of nitrogens with zero attached hydrogens (tertiary/aromatic N) is 3. The van der Waals surface area contributed by atoms with Crippen molar-refractivity contribution in [3.05, 3.63) is 140 Å². The lowest BCUT2D eigenvalue weighted by molar-refractivity contribution is 1.16. The molecular weight excluding hydrogens is 558 g/mol. The van der Waals surface area contributed by atoms with Crippen molar-refractivity contribution in [1.29, 1.82) is 0 Å². The predicted molar refractivity (Wildman–Crippen MR) is 201 cm³/mol. The Balaban J connectivity index is 0.000000348. The summed E-state index contributed by atoms with van der Waals surface area (Å²) in [5, 5.41) is 7.61. The zero-order valence-electron chi connectivity index (χ0n) is 28.0. The Hall–Kier alpha value is -5.15. The average molecular weight is 604 g/mol. The molecule has 0 atom stereocenters. The van der Waals surface area contributed by atoms with E-state index in [2.05, 4.69) is 120 Å². The highest BCUT2D eigenvalue weighted by Gasteiger charge is 2.15. The lowest BCUT2D eigenvalue weighted by Crippen LogP contribution is -1.90. The highest BCUT2D eigenvalue weighted by molar-refractivity contribution is 6.27. The molecule has 0 bridgehead atoms. The van der Waals surface area contributed by atoms with Crippen molar-refractivity contribution in [1.82, 2.24) is 15.0 Å². The van der Waals surface area contributed by atoms with Gasteiger partial charge in [-0.1, -0.05) is 131 Å².